The molecule has 3 N–H and O–H groups in total. The number of rotatable bonds is 7. The van der Waals surface area contributed by atoms with Gasteiger partial charge in [-0.3, -0.25) is 14.5 Å². The number of aromatic amines is 2. The molecule has 1 aromatic heterocycles. The van der Waals surface area contributed by atoms with E-state index < -0.39 is 21.1 Å². The summed E-state index contributed by atoms with van der Waals surface area (Å²) < 4.78 is 34.2. The quantitative estimate of drug-likeness (QED) is 0.473. The van der Waals surface area contributed by atoms with Crippen LogP contribution in [0.3, 0.4) is 0 Å². The highest BCUT2D eigenvalue weighted by molar-refractivity contribution is 7.89. The maximum Gasteiger partial charge on any atom is 0.314 e. The van der Waals surface area contributed by atoms with E-state index in [4.69, 9.17) is 4.74 Å². The van der Waals surface area contributed by atoms with Gasteiger partial charge in [0.15, 0.2) is 0 Å². The predicted octanol–water partition coefficient (Wildman–Crippen LogP) is 1.34. The minimum absolute atomic E-state index is 0.00268. The van der Waals surface area contributed by atoms with E-state index in [2.05, 4.69) is 19.6 Å². The molecule has 31 heavy (non-hydrogen) atoms. The summed E-state index contributed by atoms with van der Waals surface area (Å²) in [6.45, 7) is 1.94. The molecular formula is C21H24N4O5S. The first-order chi connectivity index (χ1) is 14.9. The lowest BCUT2D eigenvalue weighted by Gasteiger charge is -2.29. The van der Waals surface area contributed by atoms with Gasteiger partial charge in [-0.25, -0.2) is 13.1 Å². The molecule has 0 amide bonds. The molecule has 1 saturated heterocycles. The predicted molar refractivity (Wildman–Crippen MR) is 117 cm³/mol. The number of fused-ring (bicyclic) bond motifs is 1. The summed E-state index contributed by atoms with van der Waals surface area (Å²) in [6, 6.07) is 11.6. The van der Waals surface area contributed by atoms with Crippen LogP contribution in [0.15, 0.2) is 56.9 Å². The summed E-state index contributed by atoms with van der Waals surface area (Å²) in [5.74, 6) is 0.714. The molecule has 1 atom stereocenters. The second kappa shape index (κ2) is 8.66. The van der Waals surface area contributed by atoms with Gasteiger partial charge in [-0.1, -0.05) is 18.2 Å². The maximum atomic E-state index is 13.0. The highest BCUT2D eigenvalue weighted by Gasteiger charge is 2.27. The van der Waals surface area contributed by atoms with Crippen LogP contribution in [0.4, 0.5) is 0 Å². The number of nitrogens with zero attached hydrogens (tertiary/aromatic N) is 1. The summed E-state index contributed by atoms with van der Waals surface area (Å²) >= 11 is 0. The van der Waals surface area contributed by atoms with Gasteiger partial charge < -0.3 is 14.7 Å². The molecule has 0 bridgehead atoms. The molecule has 1 unspecified atom stereocenters. The minimum atomic E-state index is -3.86. The molecule has 4 rings (SSSR count). The Bertz CT molecular complexity index is 1310. The van der Waals surface area contributed by atoms with Gasteiger partial charge in [0.1, 0.15) is 5.75 Å². The van der Waals surface area contributed by atoms with E-state index in [1.807, 2.05) is 24.3 Å². The Morgan fingerprint density at radius 1 is 1.03 bits per heavy atom. The summed E-state index contributed by atoms with van der Waals surface area (Å²) in [6.07, 6.45) is 2.13. The van der Waals surface area contributed by atoms with Crippen LogP contribution in [0.1, 0.15) is 24.4 Å². The number of likely N-dealkylation sites (tertiary alicyclic amines) is 1. The largest absolute Gasteiger partial charge is 0.496 e. The molecular weight excluding hydrogens is 420 g/mol. The molecule has 0 radical (unpaired) electrons. The Labute approximate surface area is 179 Å². The van der Waals surface area contributed by atoms with Gasteiger partial charge in [0.25, 0.3) is 0 Å². The molecule has 1 fully saturated rings. The molecule has 0 spiro atoms. The number of aromatic nitrogens is 2. The van der Waals surface area contributed by atoms with Crippen molar-refractivity contribution in [3.63, 3.8) is 0 Å². The zero-order valence-corrected chi connectivity index (χ0v) is 17.9. The number of benzene rings is 2. The van der Waals surface area contributed by atoms with Crippen molar-refractivity contribution in [2.45, 2.75) is 23.8 Å². The first kappa shape index (κ1) is 21.3. The fraction of sp³-hybridized carbons (Fsp3) is 0.333. The van der Waals surface area contributed by atoms with Crippen LogP contribution in [0.5, 0.6) is 5.75 Å². The average molecular weight is 445 g/mol. The van der Waals surface area contributed by atoms with Crippen LogP contribution in [-0.2, 0) is 10.0 Å². The van der Waals surface area contributed by atoms with Crippen molar-refractivity contribution in [2.24, 2.45) is 0 Å². The Morgan fingerprint density at radius 2 is 1.71 bits per heavy atom. The molecule has 1 aliphatic rings. The first-order valence-electron chi connectivity index (χ1n) is 10.0. The molecule has 10 heteroatoms. The van der Waals surface area contributed by atoms with E-state index in [1.54, 1.807) is 7.11 Å². The molecule has 0 saturated carbocycles. The Kier molecular flexibility index (Phi) is 5.94. The molecule has 164 valence electrons. The number of H-pyrrole nitrogens is 2. The Hall–Kier alpha value is -2.95. The van der Waals surface area contributed by atoms with Crippen molar-refractivity contribution in [3.8, 4) is 5.75 Å². The highest BCUT2D eigenvalue weighted by Crippen LogP contribution is 2.31. The van der Waals surface area contributed by atoms with Crippen LogP contribution < -0.4 is 20.6 Å². The number of methoxy groups -OCH3 is 1. The van der Waals surface area contributed by atoms with Crippen molar-refractivity contribution < 1.29 is 13.2 Å². The Balaban J connectivity index is 1.63. The number of para-hydroxylation sites is 1. The van der Waals surface area contributed by atoms with Crippen LogP contribution >= 0.6 is 0 Å². The van der Waals surface area contributed by atoms with E-state index in [9.17, 15) is 18.0 Å². The number of sulfonamides is 1. The van der Waals surface area contributed by atoms with Crippen LogP contribution in [-0.4, -0.2) is 50.0 Å². The maximum absolute atomic E-state index is 13.0. The van der Waals surface area contributed by atoms with Crippen molar-refractivity contribution in [1.82, 2.24) is 19.6 Å². The van der Waals surface area contributed by atoms with Crippen molar-refractivity contribution in [2.75, 3.05) is 26.7 Å². The number of hydrogen-bond donors (Lipinski definition) is 3. The lowest BCUT2D eigenvalue weighted by atomic mass is 10.0. The van der Waals surface area contributed by atoms with Gasteiger partial charge >= 0.3 is 11.1 Å². The molecule has 1 aliphatic heterocycles. The topological polar surface area (TPSA) is 124 Å². The lowest BCUT2D eigenvalue weighted by Crippen LogP contribution is -2.37. The summed E-state index contributed by atoms with van der Waals surface area (Å²) in [5, 5.41) is 0. The van der Waals surface area contributed by atoms with E-state index in [1.165, 1.54) is 18.2 Å². The van der Waals surface area contributed by atoms with Gasteiger partial charge in [-0.05, 0) is 50.2 Å². The molecule has 2 heterocycles. The second-order valence-electron chi connectivity index (χ2n) is 7.47. The number of nitrogens with one attached hydrogen (secondary N) is 3. The van der Waals surface area contributed by atoms with E-state index in [0.29, 0.717) is 11.3 Å². The normalized spacial score (nSPS) is 15.9. The third-order valence-electron chi connectivity index (χ3n) is 5.55. The molecule has 0 aliphatic carbocycles. The average Bonchev–Trinajstić information content (AvgIpc) is 3.29. The summed E-state index contributed by atoms with van der Waals surface area (Å²) in [4.78, 5) is 30.1. The first-order valence-corrected chi connectivity index (χ1v) is 11.5. The van der Waals surface area contributed by atoms with Crippen LogP contribution in [0.25, 0.3) is 11.0 Å². The zero-order chi connectivity index (χ0) is 22.0. The second-order valence-corrected chi connectivity index (χ2v) is 9.24. The third-order valence-corrected chi connectivity index (χ3v) is 6.97. The standard InChI is InChI=1S/C21H24N4O5S/c1-30-19-7-3-2-6-15(19)18(25-10-4-5-11-25)13-22-31(28,29)14-8-9-16-17(12-14)24-21(27)20(26)23-16/h2-3,6-9,12,18,22H,4-5,10-11,13H2,1H3,(H,23,26)(H,24,27). The van der Waals surface area contributed by atoms with Gasteiger partial charge in [-0.2, -0.15) is 0 Å². The monoisotopic (exact) mass is 444 g/mol. The van der Waals surface area contributed by atoms with Crippen molar-refractivity contribution in [1.29, 1.82) is 0 Å². The van der Waals surface area contributed by atoms with E-state index in [-0.39, 0.29) is 23.0 Å². The fourth-order valence-electron chi connectivity index (χ4n) is 3.96. The van der Waals surface area contributed by atoms with Gasteiger partial charge in [0.05, 0.1) is 29.1 Å². The molecule has 2 aromatic carbocycles. The SMILES string of the molecule is COc1ccccc1C(CNS(=O)(=O)c1ccc2[nH]c(=O)c(=O)[nH]c2c1)N1CCCC1. The smallest absolute Gasteiger partial charge is 0.314 e. The molecule has 3 aromatic rings. The fourth-order valence-corrected chi connectivity index (χ4v) is 5.03. The third kappa shape index (κ3) is 4.41. The lowest BCUT2D eigenvalue weighted by molar-refractivity contribution is 0.240. The van der Waals surface area contributed by atoms with Gasteiger partial charge in [0, 0.05) is 12.1 Å². The molecule has 9 nitrogen and oxygen atoms in total. The van der Waals surface area contributed by atoms with Gasteiger partial charge in [-0.15, -0.1) is 0 Å². The number of hydrogen-bond acceptors (Lipinski definition) is 6. The highest BCUT2D eigenvalue weighted by atomic mass is 32.2. The van der Waals surface area contributed by atoms with E-state index >= 15 is 0 Å². The minimum Gasteiger partial charge on any atom is -0.496 e. The Morgan fingerprint density at radius 3 is 2.42 bits per heavy atom. The summed E-state index contributed by atoms with van der Waals surface area (Å²) in [7, 11) is -2.26. The van der Waals surface area contributed by atoms with E-state index in [0.717, 1.165) is 31.5 Å². The van der Waals surface area contributed by atoms with Crippen molar-refractivity contribution in [3.05, 3.63) is 68.7 Å². The summed E-state index contributed by atoms with van der Waals surface area (Å²) in [5.41, 5.74) is -0.0948. The van der Waals surface area contributed by atoms with Crippen molar-refractivity contribution >= 4 is 21.1 Å². The number of ether oxygens (including phenoxy) is 1. The van der Waals surface area contributed by atoms with Gasteiger partial charge in [0.2, 0.25) is 10.0 Å². The van der Waals surface area contributed by atoms with Crippen LogP contribution in [0, 0.1) is 0 Å². The van der Waals surface area contributed by atoms with Crippen LogP contribution in [0.2, 0.25) is 0 Å². The zero-order valence-electron chi connectivity index (χ0n) is 17.1.